The molecular formula is C9H11N7O4. The van der Waals surface area contributed by atoms with Crippen molar-refractivity contribution in [1.29, 1.82) is 0 Å². The molecule has 5 amide bonds. The highest BCUT2D eigenvalue weighted by Gasteiger charge is 2.41. The van der Waals surface area contributed by atoms with Crippen LogP contribution in [0, 0.1) is 0 Å². The number of hydrogen-bond acceptors (Lipinski definition) is 7. The van der Waals surface area contributed by atoms with E-state index in [2.05, 4.69) is 10.3 Å². The second-order valence-corrected chi connectivity index (χ2v) is 3.94. The number of aromatic nitrogens is 3. The van der Waals surface area contributed by atoms with Crippen LogP contribution in [0.5, 0.6) is 0 Å². The average molecular weight is 281 g/mol. The SMILES string of the molecule is CN1C(=O)C(=O)N(CCn2cc(C(=O)NN)nn2)C1=O. The number of hydrazine groups is 1. The predicted octanol–water partition coefficient (Wildman–Crippen LogP) is -2.70. The smallest absolute Gasteiger partial charge is 0.289 e. The van der Waals surface area contributed by atoms with Gasteiger partial charge in [0.05, 0.1) is 19.3 Å². The molecule has 0 saturated carbocycles. The Morgan fingerprint density at radius 1 is 1.30 bits per heavy atom. The second kappa shape index (κ2) is 5.05. The molecule has 1 fully saturated rings. The maximum atomic E-state index is 11.6. The molecule has 1 aromatic heterocycles. The van der Waals surface area contributed by atoms with Gasteiger partial charge in [0.1, 0.15) is 0 Å². The number of nitrogens with zero attached hydrogens (tertiary/aromatic N) is 5. The van der Waals surface area contributed by atoms with E-state index in [0.717, 1.165) is 9.80 Å². The van der Waals surface area contributed by atoms with E-state index >= 15 is 0 Å². The summed E-state index contributed by atoms with van der Waals surface area (Å²) in [5.74, 6) is 2.56. The second-order valence-electron chi connectivity index (χ2n) is 3.94. The predicted molar refractivity (Wildman–Crippen MR) is 61.6 cm³/mol. The quantitative estimate of drug-likeness (QED) is 0.201. The van der Waals surface area contributed by atoms with Crippen LogP contribution in [-0.2, 0) is 16.1 Å². The van der Waals surface area contributed by atoms with Gasteiger partial charge in [-0.2, -0.15) is 0 Å². The number of imide groups is 2. The summed E-state index contributed by atoms with van der Waals surface area (Å²) in [6.45, 7) is 0.0459. The molecule has 3 N–H and O–H groups in total. The minimum Gasteiger partial charge on any atom is -0.289 e. The fourth-order valence-corrected chi connectivity index (χ4v) is 1.60. The molecule has 0 aromatic carbocycles. The van der Waals surface area contributed by atoms with Crippen molar-refractivity contribution in [2.24, 2.45) is 5.84 Å². The van der Waals surface area contributed by atoms with Crippen molar-refractivity contribution >= 4 is 23.8 Å². The van der Waals surface area contributed by atoms with Crippen LogP contribution in [0.2, 0.25) is 0 Å². The first kappa shape index (κ1) is 13.6. The Morgan fingerprint density at radius 2 is 2.00 bits per heavy atom. The maximum absolute atomic E-state index is 11.6. The van der Waals surface area contributed by atoms with E-state index in [9.17, 15) is 19.2 Å². The molecule has 2 rings (SSSR count). The molecule has 0 atom stereocenters. The summed E-state index contributed by atoms with van der Waals surface area (Å²) < 4.78 is 1.26. The number of nitrogen functional groups attached to an aromatic ring is 1. The topological polar surface area (TPSA) is 144 Å². The lowest BCUT2D eigenvalue weighted by Gasteiger charge is -2.11. The van der Waals surface area contributed by atoms with Gasteiger partial charge in [0.2, 0.25) is 0 Å². The van der Waals surface area contributed by atoms with Crippen LogP contribution in [0.1, 0.15) is 10.5 Å². The van der Waals surface area contributed by atoms with Crippen molar-refractivity contribution in [2.75, 3.05) is 13.6 Å². The third-order valence-corrected chi connectivity index (χ3v) is 2.71. The zero-order chi connectivity index (χ0) is 14.9. The molecule has 11 heteroatoms. The number of nitrogens with two attached hydrogens (primary N) is 1. The van der Waals surface area contributed by atoms with E-state index in [-0.39, 0.29) is 18.8 Å². The highest BCUT2D eigenvalue weighted by atomic mass is 16.2. The van der Waals surface area contributed by atoms with Gasteiger partial charge >= 0.3 is 17.8 Å². The van der Waals surface area contributed by atoms with Crippen molar-refractivity contribution < 1.29 is 19.2 Å². The highest BCUT2D eigenvalue weighted by Crippen LogP contribution is 2.09. The zero-order valence-electron chi connectivity index (χ0n) is 10.4. The number of urea groups is 1. The van der Waals surface area contributed by atoms with E-state index < -0.39 is 23.8 Å². The van der Waals surface area contributed by atoms with Gasteiger partial charge in [0, 0.05) is 7.05 Å². The Kier molecular flexibility index (Phi) is 3.43. The first-order valence-corrected chi connectivity index (χ1v) is 5.50. The lowest BCUT2D eigenvalue weighted by atomic mass is 10.4. The Morgan fingerprint density at radius 3 is 2.55 bits per heavy atom. The van der Waals surface area contributed by atoms with Gasteiger partial charge in [-0.05, 0) is 0 Å². The molecule has 1 aliphatic heterocycles. The molecule has 1 aliphatic rings. The molecule has 1 saturated heterocycles. The molecule has 0 aliphatic carbocycles. The Labute approximate surface area is 112 Å². The molecule has 106 valence electrons. The van der Waals surface area contributed by atoms with E-state index in [1.807, 2.05) is 5.43 Å². The summed E-state index contributed by atoms with van der Waals surface area (Å²) in [5, 5.41) is 7.19. The Bertz CT molecular complexity index is 595. The lowest BCUT2D eigenvalue weighted by Crippen LogP contribution is -2.34. The third-order valence-electron chi connectivity index (χ3n) is 2.71. The summed E-state index contributed by atoms with van der Waals surface area (Å²) in [6, 6.07) is -0.694. The first-order valence-electron chi connectivity index (χ1n) is 5.50. The molecule has 20 heavy (non-hydrogen) atoms. The standard InChI is InChI=1S/C9H11N7O4/c1-14-7(18)8(19)16(9(14)20)3-2-15-4-5(12-13-15)6(17)11-10/h4H,2-3,10H2,1H3,(H,11,17). The molecule has 11 nitrogen and oxygen atoms in total. The van der Waals surface area contributed by atoms with Crippen molar-refractivity contribution in [3.8, 4) is 0 Å². The number of amides is 5. The van der Waals surface area contributed by atoms with E-state index in [0.29, 0.717) is 0 Å². The number of hydrogen-bond donors (Lipinski definition) is 2. The summed E-state index contributed by atoms with van der Waals surface area (Å²) in [4.78, 5) is 47.1. The molecule has 1 aromatic rings. The van der Waals surface area contributed by atoms with Crippen LogP contribution < -0.4 is 11.3 Å². The highest BCUT2D eigenvalue weighted by molar-refractivity contribution is 6.44. The maximum Gasteiger partial charge on any atom is 0.334 e. The molecule has 2 heterocycles. The van der Waals surface area contributed by atoms with Gasteiger partial charge in [-0.15, -0.1) is 5.10 Å². The van der Waals surface area contributed by atoms with Crippen LogP contribution in [-0.4, -0.2) is 62.1 Å². The van der Waals surface area contributed by atoms with Crippen LogP contribution in [0.25, 0.3) is 0 Å². The summed E-state index contributed by atoms with van der Waals surface area (Å²) >= 11 is 0. The zero-order valence-corrected chi connectivity index (χ0v) is 10.4. The van der Waals surface area contributed by atoms with Gasteiger partial charge in [-0.25, -0.2) is 15.3 Å². The molecule has 0 radical (unpaired) electrons. The normalized spacial score (nSPS) is 15.2. The van der Waals surface area contributed by atoms with Gasteiger partial charge in [0.25, 0.3) is 5.91 Å². The Hall–Kier alpha value is -2.82. The third kappa shape index (κ3) is 2.21. The molecule has 0 bridgehead atoms. The fraction of sp³-hybridized carbons (Fsp3) is 0.333. The number of carbonyl (C=O) groups is 4. The van der Waals surface area contributed by atoms with Crippen molar-refractivity contribution in [2.45, 2.75) is 6.54 Å². The molecule has 0 unspecified atom stereocenters. The number of likely N-dealkylation sites (N-methyl/N-ethyl adjacent to an activating group) is 1. The minimum absolute atomic E-state index is 0.000213. The van der Waals surface area contributed by atoms with Gasteiger partial charge in [0.15, 0.2) is 5.69 Å². The lowest BCUT2D eigenvalue weighted by molar-refractivity contribution is -0.142. The summed E-state index contributed by atoms with van der Waals surface area (Å²) in [6.07, 6.45) is 1.30. The average Bonchev–Trinajstić information content (AvgIpc) is 2.98. The van der Waals surface area contributed by atoms with E-state index in [1.165, 1.54) is 17.9 Å². The van der Waals surface area contributed by atoms with Crippen LogP contribution >= 0.6 is 0 Å². The van der Waals surface area contributed by atoms with Gasteiger partial charge in [-0.3, -0.25) is 29.6 Å². The minimum atomic E-state index is -0.891. The molecular weight excluding hydrogens is 270 g/mol. The molecule has 0 spiro atoms. The summed E-state index contributed by atoms with van der Waals surface area (Å²) in [5.41, 5.74) is 1.89. The van der Waals surface area contributed by atoms with Gasteiger partial charge < -0.3 is 0 Å². The monoisotopic (exact) mass is 281 g/mol. The Balaban J connectivity index is 2.01. The fourth-order valence-electron chi connectivity index (χ4n) is 1.60. The van der Waals surface area contributed by atoms with E-state index in [4.69, 9.17) is 5.84 Å². The number of nitrogens with one attached hydrogen (secondary N) is 1. The summed E-state index contributed by atoms with van der Waals surface area (Å²) in [7, 11) is 1.22. The van der Waals surface area contributed by atoms with Crippen LogP contribution in [0.4, 0.5) is 4.79 Å². The van der Waals surface area contributed by atoms with E-state index in [1.54, 1.807) is 0 Å². The van der Waals surface area contributed by atoms with Crippen LogP contribution in [0.3, 0.4) is 0 Å². The first-order chi connectivity index (χ1) is 9.45. The largest absolute Gasteiger partial charge is 0.334 e. The number of carbonyl (C=O) groups excluding carboxylic acids is 4. The van der Waals surface area contributed by atoms with Crippen molar-refractivity contribution in [3.05, 3.63) is 11.9 Å². The van der Waals surface area contributed by atoms with Crippen LogP contribution in [0.15, 0.2) is 6.20 Å². The van der Waals surface area contributed by atoms with Gasteiger partial charge in [-0.1, -0.05) is 5.21 Å². The number of rotatable bonds is 4. The van der Waals surface area contributed by atoms with Crippen molar-refractivity contribution in [3.63, 3.8) is 0 Å². The van der Waals surface area contributed by atoms with Crippen molar-refractivity contribution in [1.82, 2.24) is 30.2 Å².